The van der Waals surface area contributed by atoms with Gasteiger partial charge in [-0.05, 0) is 55.8 Å². The SMILES string of the molecule is COc1ccc(-n2c(CNc3ccccc3Cl)nnc2SC(C)C(=O)Nc2cc([N+](=O)[O-])ccc2C)cc1. The molecule has 0 radical (unpaired) electrons. The van der Waals surface area contributed by atoms with Crippen LogP contribution in [-0.2, 0) is 11.3 Å². The molecule has 12 heteroatoms. The van der Waals surface area contributed by atoms with Crippen molar-refractivity contribution in [1.82, 2.24) is 14.8 Å². The van der Waals surface area contributed by atoms with Crippen molar-refractivity contribution >= 4 is 46.3 Å². The standard InChI is InChI=1S/C26H25ClN6O4S/c1-16-8-9-19(33(35)36)14-23(16)29-25(34)17(2)38-26-31-30-24(15-28-22-7-5-4-6-21(22)27)32(26)18-10-12-20(37-3)13-11-18/h4-14,17,28H,15H2,1-3H3,(H,29,34). The number of para-hydroxylation sites is 1. The van der Waals surface area contributed by atoms with Gasteiger partial charge in [0.1, 0.15) is 5.75 Å². The second kappa shape index (κ2) is 12.0. The summed E-state index contributed by atoms with van der Waals surface area (Å²) in [6.07, 6.45) is 0. The summed E-state index contributed by atoms with van der Waals surface area (Å²) in [5.74, 6) is 0.991. The molecule has 0 fully saturated rings. The van der Waals surface area contributed by atoms with Crippen LogP contribution in [0.2, 0.25) is 5.02 Å². The summed E-state index contributed by atoms with van der Waals surface area (Å²) in [6, 6.07) is 19.2. The number of hydrogen-bond acceptors (Lipinski definition) is 8. The number of methoxy groups -OCH3 is 1. The van der Waals surface area contributed by atoms with Gasteiger partial charge in [-0.25, -0.2) is 0 Å². The van der Waals surface area contributed by atoms with Crippen LogP contribution < -0.4 is 15.4 Å². The van der Waals surface area contributed by atoms with Crippen molar-refractivity contribution in [1.29, 1.82) is 0 Å². The molecule has 2 N–H and O–H groups in total. The smallest absolute Gasteiger partial charge is 0.271 e. The number of anilines is 2. The highest BCUT2D eigenvalue weighted by Crippen LogP contribution is 2.29. The van der Waals surface area contributed by atoms with E-state index in [0.29, 0.717) is 34.0 Å². The van der Waals surface area contributed by atoms with Crippen LogP contribution in [0.3, 0.4) is 0 Å². The number of carbonyl (C=O) groups is 1. The molecule has 0 bridgehead atoms. The number of amides is 1. The zero-order chi connectivity index (χ0) is 27.2. The molecule has 38 heavy (non-hydrogen) atoms. The van der Waals surface area contributed by atoms with E-state index in [4.69, 9.17) is 16.3 Å². The van der Waals surface area contributed by atoms with Crippen molar-refractivity contribution in [2.75, 3.05) is 17.7 Å². The Balaban J connectivity index is 1.58. The molecule has 4 aromatic rings. The normalized spacial score (nSPS) is 11.6. The van der Waals surface area contributed by atoms with Crippen LogP contribution >= 0.6 is 23.4 Å². The van der Waals surface area contributed by atoms with Gasteiger partial charge in [0.05, 0.1) is 40.2 Å². The third kappa shape index (κ3) is 6.24. The molecule has 0 saturated carbocycles. The lowest BCUT2D eigenvalue weighted by Gasteiger charge is -2.15. The summed E-state index contributed by atoms with van der Waals surface area (Å²) in [5.41, 5.74) is 2.55. The van der Waals surface area contributed by atoms with Crippen LogP contribution in [0.4, 0.5) is 17.1 Å². The number of ether oxygens (including phenoxy) is 1. The van der Waals surface area contributed by atoms with Gasteiger partial charge in [-0.2, -0.15) is 0 Å². The number of nitro groups is 1. The van der Waals surface area contributed by atoms with Crippen LogP contribution in [-0.4, -0.2) is 38.0 Å². The van der Waals surface area contributed by atoms with Gasteiger partial charge >= 0.3 is 0 Å². The number of aryl methyl sites for hydroxylation is 1. The second-order valence-corrected chi connectivity index (χ2v) is 9.99. The number of aromatic nitrogens is 3. The Morgan fingerprint density at radius 2 is 1.87 bits per heavy atom. The molecule has 0 spiro atoms. The fourth-order valence-corrected chi connectivity index (χ4v) is 4.65. The molecule has 4 rings (SSSR count). The van der Waals surface area contributed by atoms with Crippen molar-refractivity contribution in [2.24, 2.45) is 0 Å². The minimum absolute atomic E-state index is 0.0962. The van der Waals surface area contributed by atoms with E-state index in [2.05, 4.69) is 20.8 Å². The van der Waals surface area contributed by atoms with Gasteiger partial charge in [0, 0.05) is 17.8 Å². The molecule has 0 aliphatic carbocycles. The molecule has 3 aromatic carbocycles. The lowest BCUT2D eigenvalue weighted by atomic mass is 10.2. The number of non-ortho nitro benzene ring substituents is 1. The van der Waals surface area contributed by atoms with E-state index in [9.17, 15) is 14.9 Å². The summed E-state index contributed by atoms with van der Waals surface area (Å²) < 4.78 is 7.14. The van der Waals surface area contributed by atoms with Crippen LogP contribution in [0.5, 0.6) is 5.75 Å². The van der Waals surface area contributed by atoms with Crippen molar-refractivity contribution < 1.29 is 14.5 Å². The first-order valence-corrected chi connectivity index (χ1v) is 12.8. The molecule has 0 aliphatic rings. The summed E-state index contributed by atoms with van der Waals surface area (Å²) in [6.45, 7) is 3.84. The average molecular weight is 553 g/mol. The summed E-state index contributed by atoms with van der Waals surface area (Å²) in [4.78, 5) is 23.7. The molecule has 0 saturated heterocycles. The van der Waals surface area contributed by atoms with E-state index in [1.165, 1.54) is 23.9 Å². The van der Waals surface area contributed by atoms with E-state index >= 15 is 0 Å². The maximum atomic E-state index is 13.0. The Morgan fingerprint density at radius 3 is 2.55 bits per heavy atom. The molecular weight excluding hydrogens is 528 g/mol. The molecule has 0 aliphatic heterocycles. The number of thioether (sulfide) groups is 1. The second-order valence-electron chi connectivity index (χ2n) is 8.27. The van der Waals surface area contributed by atoms with Crippen LogP contribution in [0.25, 0.3) is 5.69 Å². The molecule has 1 aromatic heterocycles. The third-order valence-electron chi connectivity index (χ3n) is 5.68. The maximum Gasteiger partial charge on any atom is 0.271 e. The van der Waals surface area contributed by atoms with E-state index in [-0.39, 0.29) is 11.6 Å². The molecule has 1 unspecified atom stereocenters. The van der Waals surface area contributed by atoms with Gasteiger partial charge in [-0.15, -0.1) is 10.2 Å². The van der Waals surface area contributed by atoms with Crippen molar-refractivity contribution in [3.8, 4) is 11.4 Å². The molecule has 10 nitrogen and oxygen atoms in total. The molecule has 1 atom stereocenters. The van der Waals surface area contributed by atoms with Crippen LogP contribution in [0, 0.1) is 17.0 Å². The molecule has 1 heterocycles. The van der Waals surface area contributed by atoms with Gasteiger partial charge in [0.15, 0.2) is 11.0 Å². The first-order valence-electron chi connectivity index (χ1n) is 11.6. The van der Waals surface area contributed by atoms with E-state index < -0.39 is 10.2 Å². The number of benzene rings is 3. The minimum atomic E-state index is -0.584. The number of rotatable bonds is 10. The van der Waals surface area contributed by atoms with Crippen LogP contribution in [0.15, 0.2) is 71.9 Å². The molecule has 1 amide bonds. The van der Waals surface area contributed by atoms with Crippen molar-refractivity contribution in [2.45, 2.75) is 30.8 Å². The van der Waals surface area contributed by atoms with E-state index in [1.54, 1.807) is 33.1 Å². The number of nitrogens with zero attached hydrogens (tertiary/aromatic N) is 4. The Labute approximate surface area is 228 Å². The fraction of sp³-hybridized carbons (Fsp3) is 0.192. The Kier molecular flexibility index (Phi) is 8.49. The fourth-order valence-electron chi connectivity index (χ4n) is 3.56. The quantitative estimate of drug-likeness (QED) is 0.142. The Bertz CT molecular complexity index is 1460. The van der Waals surface area contributed by atoms with Gasteiger partial charge < -0.3 is 15.4 Å². The number of hydrogen-bond donors (Lipinski definition) is 2. The van der Waals surface area contributed by atoms with E-state index in [0.717, 1.165) is 16.9 Å². The number of carbonyl (C=O) groups excluding carboxylic acids is 1. The van der Waals surface area contributed by atoms with Gasteiger partial charge in [-0.1, -0.05) is 41.6 Å². The highest BCUT2D eigenvalue weighted by Gasteiger charge is 2.22. The number of nitrogens with one attached hydrogen (secondary N) is 2. The third-order valence-corrected chi connectivity index (χ3v) is 7.06. The Hall–Kier alpha value is -4.09. The largest absolute Gasteiger partial charge is 0.497 e. The number of nitro benzene ring substituents is 1. The predicted octanol–water partition coefficient (Wildman–Crippen LogP) is 5.88. The zero-order valence-electron chi connectivity index (χ0n) is 20.8. The van der Waals surface area contributed by atoms with Gasteiger partial charge in [0.25, 0.3) is 5.69 Å². The average Bonchev–Trinajstić information content (AvgIpc) is 3.31. The lowest BCUT2D eigenvalue weighted by Crippen LogP contribution is -2.23. The summed E-state index contributed by atoms with van der Waals surface area (Å²) >= 11 is 7.51. The maximum absolute atomic E-state index is 13.0. The highest BCUT2D eigenvalue weighted by molar-refractivity contribution is 8.00. The summed E-state index contributed by atoms with van der Waals surface area (Å²) in [7, 11) is 1.59. The summed E-state index contributed by atoms with van der Waals surface area (Å²) in [5, 5.41) is 26.5. The first-order chi connectivity index (χ1) is 18.3. The monoisotopic (exact) mass is 552 g/mol. The molecule has 196 valence electrons. The number of halogens is 1. The van der Waals surface area contributed by atoms with Crippen molar-refractivity contribution in [3.05, 3.63) is 93.3 Å². The van der Waals surface area contributed by atoms with Gasteiger partial charge in [-0.3, -0.25) is 19.5 Å². The van der Waals surface area contributed by atoms with E-state index in [1.807, 2.05) is 47.0 Å². The van der Waals surface area contributed by atoms with Crippen molar-refractivity contribution in [3.63, 3.8) is 0 Å². The minimum Gasteiger partial charge on any atom is -0.497 e. The predicted molar refractivity (Wildman–Crippen MR) is 148 cm³/mol. The van der Waals surface area contributed by atoms with Gasteiger partial charge in [0.2, 0.25) is 5.91 Å². The Morgan fingerprint density at radius 1 is 1.13 bits per heavy atom. The topological polar surface area (TPSA) is 124 Å². The highest BCUT2D eigenvalue weighted by atomic mass is 35.5. The first kappa shape index (κ1) is 27.0. The lowest BCUT2D eigenvalue weighted by molar-refractivity contribution is -0.384. The van der Waals surface area contributed by atoms with Crippen LogP contribution in [0.1, 0.15) is 18.3 Å². The molecular formula is C26H25ClN6O4S. The zero-order valence-corrected chi connectivity index (χ0v) is 22.4.